The highest BCUT2D eigenvalue weighted by molar-refractivity contribution is 5.80. The highest BCUT2D eigenvalue weighted by Crippen LogP contribution is 2.26. The van der Waals surface area contributed by atoms with Crippen LogP contribution in [0.15, 0.2) is 97.2 Å². The number of allylic oxidation sites excluding steroid dienone is 15. The van der Waals surface area contributed by atoms with Gasteiger partial charge >= 0.3 is 5.97 Å². The van der Waals surface area contributed by atoms with E-state index in [1.165, 1.54) is 154 Å². The standard InChI is InChI=1S/C76H133NO10/c1-4-7-10-13-16-19-22-24-26-28-30-32-33-34-35-36-37-38-40-42-44-46-49-52-55-58-61-64-71(81)87-74-73(83)72(82)70(65-78)86-76(74)85-66-67(68(79)62-59-56-53-50-47-21-18-15-12-9-6-3)77-75(84)69(80)63-60-57-54-51-48-45-43-41-39-31-29-27-25-23-20-17-14-11-8-5-2/h16-17,19-20,24-27,30-32,34-35,39,59,62,67-70,72-74,76,78-80,82-83H,4-15,18,21-23,28-29,33,36-38,40-58,60-61,63-66H2,1-3H3,(H,77,84)/b19-16-,20-17-,26-24-,27-25-,32-30-,35-34-,39-31-,62-59+. The van der Waals surface area contributed by atoms with Gasteiger partial charge in [-0.25, -0.2) is 0 Å². The van der Waals surface area contributed by atoms with Crippen molar-refractivity contribution in [3.63, 3.8) is 0 Å². The molecular weight excluding hydrogens is 1090 g/mol. The average Bonchev–Trinajstić information content (AvgIpc) is 2.93. The maximum absolute atomic E-state index is 13.5. The van der Waals surface area contributed by atoms with Crippen molar-refractivity contribution in [3.8, 4) is 0 Å². The predicted octanol–water partition coefficient (Wildman–Crippen LogP) is 18.6. The number of hydrogen-bond donors (Lipinski definition) is 6. The van der Waals surface area contributed by atoms with E-state index < -0.39 is 67.4 Å². The topological polar surface area (TPSA) is 175 Å². The number of rotatable bonds is 61. The van der Waals surface area contributed by atoms with E-state index in [-0.39, 0.29) is 19.4 Å². The summed E-state index contributed by atoms with van der Waals surface area (Å²) in [7, 11) is 0. The summed E-state index contributed by atoms with van der Waals surface area (Å²) in [5.41, 5.74) is 0. The molecule has 1 amide bonds. The summed E-state index contributed by atoms with van der Waals surface area (Å²) in [5.74, 6) is -1.20. The van der Waals surface area contributed by atoms with E-state index in [1.807, 2.05) is 6.08 Å². The van der Waals surface area contributed by atoms with Crippen LogP contribution in [-0.2, 0) is 23.8 Å². The predicted molar refractivity (Wildman–Crippen MR) is 365 cm³/mol. The summed E-state index contributed by atoms with van der Waals surface area (Å²) >= 11 is 0. The number of esters is 1. The first kappa shape index (κ1) is 81.6. The number of aliphatic hydroxyl groups excluding tert-OH is 5. The van der Waals surface area contributed by atoms with Gasteiger partial charge in [0.05, 0.1) is 25.4 Å². The molecule has 1 fully saturated rings. The minimum Gasteiger partial charge on any atom is -0.454 e. The van der Waals surface area contributed by atoms with E-state index in [1.54, 1.807) is 6.08 Å². The molecule has 0 aromatic rings. The van der Waals surface area contributed by atoms with E-state index in [4.69, 9.17) is 14.2 Å². The fraction of sp³-hybridized carbons (Fsp3) is 0.763. The first-order valence-corrected chi connectivity index (χ1v) is 36.0. The number of amides is 1. The Kier molecular flexibility index (Phi) is 58.9. The van der Waals surface area contributed by atoms with Gasteiger partial charge in [0, 0.05) is 6.42 Å². The van der Waals surface area contributed by atoms with Gasteiger partial charge in [0.2, 0.25) is 5.91 Å². The van der Waals surface area contributed by atoms with E-state index in [0.717, 1.165) is 109 Å². The van der Waals surface area contributed by atoms with Crippen molar-refractivity contribution in [1.82, 2.24) is 5.32 Å². The minimum atomic E-state index is -1.62. The van der Waals surface area contributed by atoms with Crippen LogP contribution in [0, 0.1) is 0 Å². The van der Waals surface area contributed by atoms with Crippen LogP contribution in [0.5, 0.6) is 0 Å². The molecule has 0 bridgehead atoms. The van der Waals surface area contributed by atoms with Gasteiger partial charge in [-0.1, -0.05) is 291 Å². The Hall–Kier alpha value is -3.42. The van der Waals surface area contributed by atoms with E-state index in [0.29, 0.717) is 12.8 Å². The zero-order chi connectivity index (χ0) is 63.1. The molecule has 6 N–H and O–H groups in total. The van der Waals surface area contributed by atoms with Gasteiger partial charge in [-0.2, -0.15) is 0 Å². The van der Waals surface area contributed by atoms with Gasteiger partial charge in [-0.3, -0.25) is 9.59 Å². The van der Waals surface area contributed by atoms with E-state index in [2.05, 4.69) is 111 Å². The van der Waals surface area contributed by atoms with Crippen molar-refractivity contribution >= 4 is 11.9 Å². The van der Waals surface area contributed by atoms with E-state index >= 15 is 0 Å². The largest absolute Gasteiger partial charge is 0.454 e. The molecule has 0 spiro atoms. The third-order valence-corrected chi connectivity index (χ3v) is 16.5. The summed E-state index contributed by atoms with van der Waals surface area (Å²) in [5, 5.41) is 57.2. The Bertz CT molecular complexity index is 1790. The number of aliphatic hydroxyl groups is 5. The van der Waals surface area contributed by atoms with Crippen LogP contribution < -0.4 is 5.32 Å². The molecule has 1 saturated heterocycles. The molecule has 0 radical (unpaired) electrons. The zero-order valence-electron chi connectivity index (χ0n) is 55.9. The maximum atomic E-state index is 13.5. The minimum absolute atomic E-state index is 0.115. The molecule has 502 valence electrons. The number of nitrogens with one attached hydrogen (secondary N) is 1. The first-order valence-electron chi connectivity index (χ1n) is 36.0. The Morgan fingerprint density at radius 3 is 1.21 bits per heavy atom. The van der Waals surface area contributed by atoms with Gasteiger partial charge in [0.15, 0.2) is 12.4 Å². The van der Waals surface area contributed by atoms with Crippen molar-refractivity contribution < 1.29 is 49.3 Å². The molecule has 1 aliphatic rings. The normalized spacial score (nSPS) is 18.8. The smallest absolute Gasteiger partial charge is 0.306 e. The van der Waals surface area contributed by atoms with Crippen molar-refractivity contribution in [2.75, 3.05) is 13.2 Å². The Morgan fingerprint density at radius 1 is 0.448 bits per heavy atom. The van der Waals surface area contributed by atoms with Crippen molar-refractivity contribution in [2.24, 2.45) is 0 Å². The summed E-state index contributed by atoms with van der Waals surface area (Å²) in [4.78, 5) is 26.7. The fourth-order valence-corrected chi connectivity index (χ4v) is 10.8. The maximum Gasteiger partial charge on any atom is 0.306 e. The van der Waals surface area contributed by atoms with Crippen LogP contribution >= 0.6 is 0 Å². The summed E-state index contributed by atoms with van der Waals surface area (Å²) < 4.78 is 17.7. The van der Waals surface area contributed by atoms with Crippen LogP contribution in [0.2, 0.25) is 0 Å². The summed E-state index contributed by atoms with van der Waals surface area (Å²) in [6.07, 6.45) is 74.4. The zero-order valence-corrected chi connectivity index (χ0v) is 55.9. The highest BCUT2D eigenvalue weighted by Gasteiger charge is 2.47. The molecule has 0 aromatic heterocycles. The lowest BCUT2D eigenvalue weighted by atomic mass is 9.99. The molecule has 1 rings (SSSR count). The third kappa shape index (κ3) is 50.0. The highest BCUT2D eigenvalue weighted by atomic mass is 16.7. The molecule has 11 heteroatoms. The van der Waals surface area contributed by atoms with Crippen molar-refractivity contribution in [3.05, 3.63) is 97.2 Å². The van der Waals surface area contributed by atoms with E-state index in [9.17, 15) is 35.1 Å². The van der Waals surface area contributed by atoms with Gasteiger partial charge in [0.25, 0.3) is 0 Å². The van der Waals surface area contributed by atoms with Gasteiger partial charge in [-0.05, 0) is 109 Å². The molecule has 0 saturated carbocycles. The van der Waals surface area contributed by atoms with Crippen LogP contribution in [0.1, 0.15) is 310 Å². The second-order valence-corrected chi connectivity index (χ2v) is 24.6. The molecule has 0 aliphatic carbocycles. The SMILES string of the molecule is CCCCC/C=C\C/C=C\C/C=C\C/C=C\CCCCCCCCCCCCCC(=O)OC1C(OCC(NC(=O)C(O)CCCCCCCCC/C=C\C/C=C\C/C=C\CCCCC)C(O)/C=C/CCCCCCCCCCC)OC(CO)C(O)C1O. The lowest BCUT2D eigenvalue weighted by molar-refractivity contribution is -0.305. The van der Waals surface area contributed by atoms with Crippen molar-refractivity contribution in [2.45, 2.75) is 359 Å². The lowest BCUT2D eigenvalue weighted by Gasteiger charge is -2.41. The average molecular weight is 1220 g/mol. The van der Waals surface area contributed by atoms with Crippen LogP contribution in [0.3, 0.4) is 0 Å². The molecule has 8 atom stereocenters. The number of unbranched alkanes of at least 4 members (excludes halogenated alkanes) is 33. The Labute approximate surface area is 533 Å². The monoisotopic (exact) mass is 1220 g/mol. The molecule has 1 aliphatic heterocycles. The number of carbonyl (C=O) groups excluding carboxylic acids is 2. The van der Waals surface area contributed by atoms with Crippen LogP contribution in [-0.4, -0.2) is 99.6 Å². The summed E-state index contributed by atoms with van der Waals surface area (Å²) in [6, 6.07) is -1.03. The third-order valence-electron chi connectivity index (χ3n) is 16.5. The second-order valence-electron chi connectivity index (χ2n) is 24.6. The Morgan fingerprint density at radius 2 is 0.793 bits per heavy atom. The molecule has 1 heterocycles. The fourth-order valence-electron chi connectivity index (χ4n) is 10.8. The number of carbonyl (C=O) groups is 2. The first-order chi connectivity index (χ1) is 42.7. The molecule has 87 heavy (non-hydrogen) atoms. The quantitative estimate of drug-likeness (QED) is 0.0195. The molecule has 0 aromatic carbocycles. The van der Waals surface area contributed by atoms with Gasteiger partial charge < -0.3 is 45.1 Å². The second kappa shape index (κ2) is 62.8. The van der Waals surface area contributed by atoms with Crippen molar-refractivity contribution in [1.29, 1.82) is 0 Å². The number of ether oxygens (including phenoxy) is 3. The number of hydrogen-bond acceptors (Lipinski definition) is 10. The Balaban J connectivity index is 2.55. The van der Waals surface area contributed by atoms with Gasteiger partial charge in [-0.15, -0.1) is 0 Å². The van der Waals surface area contributed by atoms with Crippen LogP contribution in [0.4, 0.5) is 0 Å². The van der Waals surface area contributed by atoms with Crippen LogP contribution in [0.25, 0.3) is 0 Å². The summed E-state index contributed by atoms with van der Waals surface area (Å²) in [6.45, 7) is 5.74. The molecule has 11 nitrogen and oxygen atoms in total. The lowest BCUT2D eigenvalue weighted by Crippen LogP contribution is -2.61. The molecule has 8 unspecified atom stereocenters. The van der Waals surface area contributed by atoms with Gasteiger partial charge in [0.1, 0.15) is 24.4 Å². The molecular formula is C76H133NO10.